The number of carbonyl (C=O) groups is 1. The van der Waals surface area contributed by atoms with Gasteiger partial charge in [-0.15, -0.1) is 10.2 Å². The molecule has 0 atom stereocenters. The van der Waals surface area contributed by atoms with Crippen LogP contribution in [0.3, 0.4) is 0 Å². The molecular formula is C17H24N6O. The molecule has 0 spiro atoms. The molecule has 0 radical (unpaired) electrons. The molecule has 3 heterocycles. The second kappa shape index (κ2) is 7.53. The van der Waals surface area contributed by atoms with Crippen molar-refractivity contribution in [3.05, 3.63) is 41.7 Å². The van der Waals surface area contributed by atoms with Crippen LogP contribution in [0, 0.1) is 13.8 Å². The smallest absolute Gasteiger partial charge is 0.255 e. The predicted octanol–water partition coefficient (Wildman–Crippen LogP) is 1.14. The van der Waals surface area contributed by atoms with E-state index in [0.717, 1.165) is 57.2 Å². The standard InChI is InChI=1S/C17H24N6O/c1-14-4-5-16(12-18-14)17(24)22-7-3-6-21(8-10-22)9-11-23-13-19-20-15(23)2/h4-5,12-13H,3,6-11H2,1-2H3. The van der Waals surface area contributed by atoms with Gasteiger partial charge in [0.15, 0.2) is 0 Å². The van der Waals surface area contributed by atoms with Gasteiger partial charge in [0.25, 0.3) is 5.91 Å². The van der Waals surface area contributed by atoms with Crippen LogP contribution in [0.4, 0.5) is 0 Å². The lowest BCUT2D eigenvalue weighted by atomic mass is 10.2. The third-order valence-electron chi connectivity index (χ3n) is 4.50. The van der Waals surface area contributed by atoms with Crippen LogP contribution < -0.4 is 0 Å². The predicted molar refractivity (Wildman–Crippen MR) is 90.7 cm³/mol. The van der Waals surface area contributed by atoms with Crippen molar-refractivity contribution in [1.29, 1.82) is 0 Å². The van der Waals surface area contributed by atoms with Crippen molar-refractivity contribution in [2.24, 2.45) is 0 Å². The van der Waals surface area contributed by atoms with E-state index in [1.807, 2.05) is 30.9 Å². The molecule has 24 heavy (non-hydrogen) atoms. The Bertz CT molecular complexity index is 681. The quantitative estimate of drug-likeness (QED) is 0.842. The molecule has 2 aromatic rings. The van der Waals surface area contributed by atoms with Gasteiger partial charge in [-0.25, -0.2) is 0 Å². The summed E-state index contributed by atoms with van der Waals surface area (Å²) in [6, 6.07) is 3.75. The van der Waals surface area contributed by atoms with Crippen molar-refractivity contribution < 1.29 is 4.79 Å². The Morgan fingerprint density at radius 3 is 2.71 bits per heavy atom. The highest BCUT2D eigenvalue weighted by atomic mass is 16.2. The van der Waals surface area contributed by atoms with Crippen molar-refractivity contribution >= 4 is 5.91 Å². The molecule has 0 aromatic carbocycles. The topological polar surface area (TPSA) is 67.2 Å². The van der Waals surface area contributed by atoms with Crippen LogP contribution in [0.5, 0.6) is 0 Å². The SMILES string of the molecule is Cc1ccc(C(=O)N2CCCN(CCn3cnnc3C)CC2)cn1. The van der Waals surface area contributed by atoms with Gasteiger partial charge in [0, 0.05) is 44.6 Å². The lowest BCUT2D eigenvalue weighted by Crippen LogP contribution is -2.36. The molecule has 1 amide bonds. The summed E-state index contributed by atoms with van der Waals surface area (Å²) in [5.74, 6) is 1.02. The van der Waals surface area contributed by atoms with E-state index < -0.39 is 0 Å². The molecule has 1 fully saturated rings. The minimum absolute atomic E-state index is 0.0824. The maximum atomic E-state index is 12.6. The van der Waals surface area contributed by atoms with Crippen LogP contribution in [0.1, 0.15) is 28.3 Å². The van der Waals surface area contributed by atoms with Crippen molar-refractivity contribution in [3.8, 4) is 0 Å². The summed E-state index contributed by atoms with van der Waals surface area (Å²) in [5.41, 5.74) is 1.60. The molecule has 1 saturated heterocycles. The van der Waals surface area contributed by atoms with E-state index in [1.54, 1.807) is 12.5 Å². The normalized spacial score (nSPS) is 16.2. The molecule has 0 aliphatic carbocycles. The van der Waals surface area contributed by atoms with Crippen LogP contribution >= 0.6 is 0 Å². The van der Waals surface area contributed by atoms with Gasteiger partial charge in [-0.1, -0.05) is 0 Å². The maximum Gasteiger partial charge on any atom is 0.255 e. The van der Waals surface area contributed by atoms with E-state index >= 15 is 0 Å². The summed E-state index contributed by atoms with van der Waals surface area (Å²) in [5, 5.41) is 7.92. The van der Waals surface area contributed by atoms with Gasteiger partial charge in [-0.2, -0.15) is 0 Å². The van der Waals surface area contributed by atoms with Gasteiger partial charge in [0.2, 0.25) is 0 Å². The van der Waals surface area contributed by atoms with Gasteiger partial charge in [-0.3, -0.25) is 14.7 Å². The number of pyridine rings is 1. The lowest BCUT2D eigenvalue weighted by Gasteiger charge is -2.22. The Balaban J connectivity index is 1.53. The summed E-state index contributed by atoms with van der Waals surface area (Å²) in [6.07, 6.45) is 4.44. The zero-order valence-electron chi connectivity index (χ0n) is 14.4. The first kappa shape index (κ1) is 16.6. The Morgan fingerprint density at radius 1 is 1.12 bits per heavy atom. The van der Waals surface area contributed by atoms with Gasteiger partial charge in [-0.05, 0) is 38.9 Å². The van der Waals surface area contributed by atoms with Gasteiger partial charge >= 0.3 is 0 Å². The average Bonchev–Trinajstić information content (AvgIpc) is 2.85. The molecule has 3 rings (SSSR count). The Labute approximate surface area is 142 Å². The van der Waals surface area contributed by atoms with Crippen molar-refractivity contribution in [2.75, 3.05) is 32.7 Å². The zero-order chi connectivity index (χ0) is 16.9. The molecule has 2 aromatic heterocycles. The molecule has 7 heteroatoms. The van der Waals surface area contributed by atoms with Gasteiger partial charge < -0.3 is 9.47 Å². The molecular weight excluding hydrogens is 304 g/mol. The Morgan fingerprint density at radius 2 is 2.00 bits per heavy atom. The maximum absolute atomic E-state index is 12.6. The van der Waals surface area contributed by atoms with Gasteiger partial charge in [0.1, 0.15) is 12.2 Å². The third-order valence-corrected chi connectivity index (χ3v) is 4.50. The first-order chi connectivity index (χ1) is 11.6. The fourth-order valence-corrected chi connectivity index (χ4v) is 2.96. The fourth-order valence-electron chi connectivity index (χ4n) is 2.96. The summed E-state index contributed by atoms with van der Waals surface area (Å²) in [7, 11) is 0. The zero-order valence-corrected chi connectivity index (χ0v) is 14.4. The number of hydrogen-bond donors (Lipinski definition) is 0. The number of aryl methyl sites for hydroxylation is 2. The Kier molecular flexibility index (Phi) is 5.20. The van der Waals surface area contributed by atoms with E-state index in [2.05, 4.69) is 24.6 Å². The third kappa shape index (κ3) is 3.97. The summed E-state index contributed by atoms with van der Waals surface area (Å²) < 4.78 is 2.06. The molecule has 7 nitrogen and oxygen atoms in total. The molecule has 0 unspecified atom stereocenters. The molecule has 0 bridgehead atoms. The molecule has 0 saturated carbocycles. The molecule has 1 aliphatic rings. The number of nitrogens with zero attached hydrogens (tertiary/aromatic N) is 6. The van der Waals surface area contributed by atoms with E-state index in [4.69, 9.17) is 0 Å². The number of hydrogen-bond acceptors (Lipinski definition) is 5. The largest absolute Gasteiger partial charge is 0.337 e. The van der Waals surface area contributed by atoms with Crippen LogP contribution in [0.25, 0.3) is 0 Å². The number of carbonyl (C=O) groups excluding carboxylic acids is 1. The number of rotatable bonds is 4. The van der Waals surface area contributed by atoms with Crippen LogP contribution in [-0.4, -0.2) is 68.2 Å². The summed E-state index contributed by atoms with van der Waals surface area (Å²) in [6.45, 7) is 9.19. The average molecular weight is 328 g/mol. The van der Waals surface area contributed by atoms with Crippen molar-refractivity contribution in [1.82, 2.24) is 29.5 Å². The fraction of sp³-hybridized carbons (Fsp3) is 0.529. The first-order valence-corrected chi connectivity index (χ1v) is 8.42. The first-order valence-electron chi connectivity index (χ1n) is 8.42. The van der Waals surface area contributed by atoms with E-state index in [9.17, 15) is 4.79 Å². The minimum atomic E-state index is 0.0824. The van der Waals surface area contributed by atoms with Crippen molar-refractivity contribution in [3.63, 3.8) is 0 Å². The second-order valence-corrected chi connectivity index (χ2v) is 6.25. The number of amides is 1. The minimum Gasteiger partial charge on any atom is -0.337 e. The highest BCUT2D eigenvalue weighted by molar-refractivity contribution is 5.93. The highest BCUT2D eigenvalue weighted by Gasteiger charge is 2.20. The highest BCUT2D eigenvalue weighted by Crippen LogP contribution is 2.09. The van der Waals surface area contributed by atoms with E-state index in [-0.39, 0.29) is 5.91 Å². The number of aromatic nitrogens is 4. The summed E-state index contributed by atoms with van der Waals surface area (Å²) >= 11 is 0. The van der Waals surface area contributed by atoms with Crippen molar-refractivity contribution in [2.45, 2.75) is 26.8 Å². The van der Waals surface area contributed by atoms with Crippen LogP contribution in [0.15, 0.2) is 24.7 Å². The summed E-state index contributed by atoms with van der Waals surface area (Å²) in [4.78, 5) is 21.2. The van der Waals surface area contributed by atoms with E-state index in [0.29, 0.717) is 5.56 Å². The van der Waals surface area contributed by atoms with Crippen LogP contribution in [-0.2, 0) is 6.54 Å². The Hall–Kier alpha value is -2.28. The van der Waals surface area contributed by atoms with Crippen LogP contribution in [0.2, 0.25) is 0 Å². The molecule has 1 aliphatic heterocycles. The molecule has 0 N–H and O–H groups in total. The van der Waals surface area contributed by atoms with E-state index in [1.165, 1.54) is 0 Å². The second-order valence-electron chi connectivity index (χ2n) is 6.25. The van der Waals surface area contributed by atoms with Gasteiger partial charge in [0.05, 0.1) is 5.56 Å². The molecule has 128 valence electrons. The monoisotopic (exact) mass is 328 g/mol. The lowest BCUT2D eigenvalue weighted by molar-refractivity contribution is 0.0761.